The van der Waals surface area contributed by atoms with Gasteiger partial charge in [0.2, 0.25) is 0 Å². The number of rotatable bonds is 2. The van der Waals surface area contributed by atoms with Crippen LogP contribution in [-0.2, 0) is 19.4 Å². The van der Waals surface area contributed by atoms with Crippen LogP contribution in [-0.4, -0.2) is 15.5 Å². The van der Waals surface area contributed by atoms with Crippen molar-refractivity contribution in [1.29, 1.82) is 0 Å². The van der Waals surface area contributed by atoms with Crippen molar-refractivity contribution in [1.82, 2.24) is 9.47 Å². The monoisotopic (exact) mass is 423 g/mol. The second kappa shape index (κ2) is 7.58. The van der Waals surface area contributed by atoms with Crippen LogP contribution < -0.4 is 5.32 Å². The third-order valence-corrected chi connectivity index (χ3v) is 7.57. The van der Waals surface area contributed by atoms with Gasteiger partial charge in [0, 0.05) is 22.3 Å². The number of hydrogen-bond acceptors (Lipinski definition) is 2. The number of carbonyl (C=O) groups is 1. The average Bonchev–Trinajstić information content (AvgIpc) is 3.31. The molecule has 2 aromatic heterocycles. The highest BCUT2D eigenvalue weighted by Gasteiger charge is 2.36. The number of aryl methyl sites for hydroxylation is 1. The zero-order valence-electron chi connectivity index (χ0n) is 17.3. The number of amides is 2. The molecule has 1 atom stereocenters. The van der Waals surface area contributed by atoms with Crippen LogP contribution >= 0.6 is 11.3 Å². The van der Waals surface area contributed by atoms with E-state index in [4.69, 9.17) is 0 Å². The fourth-order valence-electron chi connectivity index (χ4n) is 4.87. The standard InChI is InChI=1S/C24H26FN3OS/c1-15(2)22-20-11-7-13-27(20)23-17(16-8-3-6-12-21(16)30-23)14-28(22)24(29)26-19-10-5-4-9-18(19)25/h4-5,7,9-11,13,15,22H,3,6,8,12,14H2,1-2H3,(H,26,29)/t22-/m0/s1. The molecular formula is C24H26FN3OS. The number of nitrogens with zero attached hydrogens (tertiary/aromatic N) is 2. The zero-order chi connectivity index (χ0) is 20.8. The molecule has 3 aromatic rings. The molecule has 1 aromatic carbocycles. The third kappa shape index (κ3) is 3.14. The predicted octanol–water partition coefficient (Wildman–Crippen LogP) is 6.30. The molecule has 0 unspecified atom stereocenters. The number of halogens is 1. The summed E-state index contributed by atoms with van der Waals surface area (Å²) in [5.74, 6) is -0.200. The highest BCUT2D eigenvalue weighted by atomic mass is 32.1. The minimum Gasteiger partial charge on any atom is -0.311 e. The Balaban J connectivity index is 1.61. The van der Waals surface area contributed by atoms with E-state index in [0.29, 0.717) is 6.54 Å². The maximum atomic E-state index is 14.2. The van der Waals surface area contributed by atoms with Crippen LogP contribution in [0.2, 0.25) is 0 Å². The molecule has 0 spiro atoms. The van der Waals surface area contributed by atoms with E-state index in [-0.39, 0.29) is 23.7 Å². The maximum absolute atomic E-state index is 14.2. The van der Waals surface area contributed by atoms with Gasteiger partial charge < -0.3 is 14.8 Å². The molecule has 3 heterocycles. The highest BCUT2D eigenvalue weighted by Crippen LogP contribution is 2.44. The Morgan fingerprint density at radius 1 is 1.13 bits per heavy atom. The summed E-state index contributed by atoms with van der Waals surface area (Å²) in [6.07, 6.45) is 6.75. The Hall–Kier alpha value is -2.60. The maximum Gasteiger partial charge on any atom is 0.322 e. The third-order valence-electron chi connectivity index (χ3n) is 6.23. The van der Waals surface area contributed by atoms with Gasteiger partial charge in [-0.2, -0.15) is 0 Å². The first-order valence-electron chi connectivity index (χ1n) is 10.7. The van der Waals surface area contributed by atoms with Crippen LogP contribution in [0.5, 0.6) is 0 Å². The Kier molecular flexibility index (Phi) is 4.89. The second-order valence-corrected chi connectivity index (χ2v) is 9.61. The number of fused-ring (bicyclic) bond motifs is 5. The van der Waals surface area contributed by atoms with Crippen LogP contribution in [0.15, 0.2) is 42.6 Å². The molecule has 30 heavy (non-hydrogen) atoms. The van der Waals surface area contributed by atoms with Gasteiger partial charge in [-0.15, -0.1) is 11.3 Å². The summed E-state index contributed by atoms with van der Waals surface area (Å²) in [5, 5.41) is 4.07. The van der Waals surface area contributed by atoms with Gasteiger partial charge in [-0.1, -0.05) is 26.0 Å². The van der Waals surface area contributed by atoms with E-state index in [0.717, 1.165) is 18.5 Å². The predicted molar refractivity (Wildman–Crippen MR) is 119 cm³/mol. The number of carbonyl (C=O) groups excluding carboxylic acids is 1. The first-order chi connectivity index (χ1) is 14.5. The van der Waals surface area contributed by atoms with E-state index < -0.39 is 5.82 Å². The lowest BCUT2D eigenvalue weighted by atomic mass is 9.94. The van der Waals surface area contributed by atoms with E-state index in [2.05, 4.69) is 42.1 Å². The first-order valence-corrected chi connectivity index (χ1v) is 11.5. The second-order valence-electron chi connectivity index (χ2n) is 8.52. The lowest BCUT2D eigenvalue weighted by molar-refractivity contribution is 0.161. The van der Waals surface area contributed by atoms with Crippen LogP contribution in [0.3, 0.4) is 0 Å². The van der Waals surface area contributed by atoms with Crippen molar-refractivity contribution in [2.45, 2.75) is 52.1 Å². The number of aromatic nitrogens is 1. The molecule has 0 saturated heterocycles. The number of benzene rings is 1. The molecule has 2 aliphatic rings. The average molecular weight is 424 g/mol. The van der Waals surface area contributed by atoms with Crippen molar-refractivity contribution in [3.05, 3.63) is 70.1 Å². The first kappa shape index (κ1) is 19.4. The summed E-state index contributed by atoms with van der Waals surface area (Å²) < 4.78 is 16.5. The quantitative estimate of drug-likeness (QED) is 0.516. The van der Waals surface area contributed by atoms with Crippen LogP contribution in [0.4, 0.5) is 14.9 Å². The molecule has 0 saturated carbocycles. The molecule has 4 nitrogen and oxygen atoms in total. The molecule has 1 aliphatic heterocycles. The summed E-state index contributed by atoms with van der Waals surface area (Å²) in [5.41, 5.74) is 4.02. The van der Waals surface area contributed by atoms with E-state index in [1.54, 1.807) is 18.2 Å². The number of hydrogen-bond donors (Lipinski definition) is 1. The minimum absolute atomic E-state index is 0.0920. The molecule has 1 N–H and O–H groups in total. The van der Waals surface area contributed by atoms with Crippen LogP contribution in [0.25, 0.3) is 5.00 Å². The molecule has 2 amide bonds. The number of anilines is 1. The highest BCUT2D eigenvalue weighted by molar-refractivity contribution is 7.15. The number of thiophene rings is 1. The molecule has 0 radical (unpaired) electrons. The van der Waals surface area contributed by atoms with E-state index >= 15 is 0 Å². The van der Waals surface area contributed by atoms with Gasteiger partial charge in [-0.3, -0.25) is 0 Å². The normalized spacial score (nSPS) is 17.9. The van der Waals surface area contributed by atoms with Crippen molar-refractivity contribution in [2.24, 2.45) is 5.92 Å². The van der Waals surface area contributed by atoms with Crippen molar-refractivity contribution in [3.8, 4) is 5.00 Å². The summed E-state index contributed by atoms with van der Waals surface area (Å²) in [6.45, 7) is 4.83. The van der Waals surface area contributed by atoms with Gasteiger partial charge in [-0.25, -0.2) is 9.18 Å². The Morgan fingerprint density at radius 2 is 1.93 bits per heavy atom. The van der Waals surface area contributed by atoms with Crippen molar-refractivity contribution < 1.29 is 9.18 Å². The van der Waals surface area contributed by atoms with E-state index in [1.807, 2.05) is 16.2 Å². The van der Waals surface area contributed by atoms with Gasteiger partial charge in [0.15, 0.2) is 0 Å². The fraction of sp³-hybridized carbons (Fsp3) is 0.375. The van der Waals surface area contributed by atoms with Crippen LogP contribution in [0, 0.1) is 11.7 Å². The Labute approximate surface area is 180 Å². The molecule has 6 heteroatoms. The van der Waals surface area contributed by atoms with Crippen molar-refractivity contribution in [2.75, 3.05) is 5.32 Å². The molecule has 0 fully saturated rings. The number of para-hydroxylation sites is 1. The minimum atomic E-state index is -0.418. The molecule has 0 bridgehead atoms. The molecule has 156 valence electrons. The van der Waals surface area contributed by atoms with Crippen molar-refractivity contribution >= 4 is 23.1 Å². The van der Waals surface area contributed by atoms with Gasteiger partial charge in [0.1, 0.15) is 10.8 Å². The van der Waals surface area contributed by atoms with Gasteiger partial charge >= 0.3 is 6.03 Å². The summed E-state index contributed by atoms with van der Waals surface area (Å²) >= 11 is 1.88. The molecular weight excluding hydrogens is 397 g/mol. The SMILES string of the molecule is CC(C)[C@H]1c2cccn2-c2sc3c(c2CN1C(=O)Nc1ccccc1F)CCCC3. The Bertz CT molecular complexity index is 1100. The zero-order valence-corrected chi connectivity index (χ0v) is 18.1. The smallest absolute Gasteiger partial charge is 0.311 e. The summed E-state index contributed by atoms with van der Waals surface area (Å²) in [7, 11) is 0. The molecule has 5 rings (SSSR count). The van der Waals surface area contributed by atoms with Crippen LogP contribution in [0.1, 0.15) is 54.4 Å². The summed E-state index contributed by atoms with van der Waals surface area (Å²) in [6, 6.07) is 10.2. The topological polar surface area (TPSA) is 37.3 Å². The number of nitrogens with one attached hydrogen (secondary N) is 1. The van der Waals surface area contributed by atoms with Gasteiger partial charge in [0.25, 0.3) is 0 Å². The molecule has 1 aliphatic carbocycles. The fourth-order valence-corrected chi connectivity index (χ4v) is 6.28. The van der Waals surface area contributed by atoms with E-state index in [9.17, 15) is 9.18 Å². The largest absolute Gasteiger partial charge is 0.322 e. The van der Waals surface area contributed by atoms with E-state index in [1.165, 1.54) is 39.9 Å². The number of urea groups is 1. The van der Waals surface area contributed by atoms with Crippen molar-refractivity contribution in [3.63, 3.8) is 0 Å². The Morgan fingerprint density at radius 3 is 2.73 bits per heavy atom. The van der Waals surface area contributed by atoms with Gasteiger partial charge in [0.05, 0.1) is 18.3 Å². The van der Waals surface area contributed by atoms with Gasteiger partial charge in [-0.05, 0) is 61.4 Å². The lowest BCUT2D eigenvalue weighted by Crippen LogP contribution is -2.39. The summed E-state index contributed by atoms with van der Waals surface area (Å²) in [4.78, 5) is 16.8. The lowest BCUT2D eigenvalue weighted by Gasteiger charge is -2.33.